The Morgan fingerprint density at radius 1 is 1.42 bits per heavy atom. The van der Waals surface area contributed by atoms with Gasteiger partial charge in [-0.25, -0.2) is 0 Å². The van der Waals surface area contributed by atoms with E-state index >= 15 is 0 Å². The van der Waals surface area contributed by atoms with Crippen molar-refractivity contribution in [1.82, 2.24) is 4.98 Å². The molecule has 62 valence electrons. The van der Waals surface area contributed by atoms with E-state index < -0.39 is 0 Å². The van der Waals surface area contributed by atoms with Gasteiger partial charge in [-0.1, -0.05) is 6.07 Å². The van der Waals surface area contributed by atoms with Crippen LogP contribution in [0.25, 0.3) is 10.9 Å². The van der Waals surface area contributed by atoms with E-state index in [1.807, 2.05) is 24.4 Å². The first-order valence-electron chi connectivity index (χ1n) is 3.62. The lowest BCUT2D eigenvalue weighted by atomic mass is 10.2. The number of nitrogens with one attached hydrogen (secondary N) is 1. The number of hydrogen-bond acceptors (Lipinski definition) is 1. The van der Waals surface area contributed by atoms with Crippen LogP contribution in [0.4, 0.5) is 0 Å². The van der Waals surface area contributed by atoms with Gasteiger partial charge in [0.1, 0.15) is 5.75 Å². The molecule has 0 saturated carbocycles. The molecule has 0 unspecified atom stereocenters. The van der Waals surface area contributed by atoms with E-state index in [2.05, 4.69) is 27.6 Å². The SMILES string of the molecule is COc1cccc2[nH]cc(I)c12. The summed E-state index contributed by atoms with van der Waals surface area (Å²) < 4.78 is 6.44. The van der Waals surface area contributed by atoms with Crippen LogP contribution in [-0.4, -0.2) is 12.1 Å². The zero-order valence-corrected chi connectivity index (χ0v) is 8.75. The summed E-state index contributed by atoms with van der Waals surface area (Å²) in [6, 6.07) is 5.99. The number of fused-ring (bicyclic) bond motifs is 1. The van der Waals surface area contributed by atoms with Gasteiger partial charge >= 0.3 is 0 Å². The third kappa shape index (κ3) is 1.08. The van der Waals surface area contributed by atoms with E-state index in [-0.39, 0.29) is 0 Å². The lowest BCUT2D eigenvalue weighted by Gasteiger charge is -2.00. The highest BCUT2D eigenvalue weighted by Gasteiger charge is 2.05. The molecule has 0 aliphatic heterocycles. The minimum Gasteiger partial charge on any atom is -0.496 e. The maximum Gasteiger partial charge on any atom is 0.129 e. The summed E-state index contributed by atoms with van der Waals surface area (Å²) in [5.41, 5.74) is 1.12. The summed E-state index contributed by atoms with van der Waals surface area (Å²) >= 11 is 2.29. The normalized spacial score (nSPS) is 10.5. The monoisotopic (exact) mass is 273 g/mol. The lowest BCUT2D eigenvalue weighted by Crippen LogP contribution is -1.83. The highest BCUT2D eigenvalue weighted by Crippen LogP contribution is 2.28. The standard InChI is InChI=1S/C9H8INO/c1-12-8-4-2-3-7-9(8)6(10)5-11-7/h2-5,11H,1H3. The second-order valence-electron chi connectivity index (χ2n) is 2.52. The molecule has 0 atom stereocenters. The zero-order valence-electron chi connectivity index (χ0n) is 6.60. The molecule has 2 aromatic rings. The number of ether oxygens (including phenoxy) is 1. The van der Waals surface area contributed by atoms with Crippen molar-refractivity contribution in [3.8, 4) is 5.75 Å². The predicted molar refractivity (Wildman–Crippen MR) is 57.6 cm³/mol. The molecule has 0 saturated heterocycles. The molecule has 1 aromatic carbocycles. The van der Waals surface area contributed by atoms with E-state index in [9.17, 15) is 0 Å². The van der Waals surface area contributed by atoms with Gasteiger partial charge in [-0.2, -0.15) is 0 Å². The number of rotatable bonds is 1. The van der Waals surface area contributed by atoms with Gasteiger partial charge in [-0.3, -0.25) is 0 Å². The van der Waals surface area contributed by atoms with Gasteiger partial charge in [0.25, 0.3) is 0 Å². The molecule has 0 aliphatic carbocycles. The Balaban J connectivity index is 2.84. The summed E-state index contributed by atoms with van der Waals surface area (Å²) in [6.07, 6.45) is 1.98. The van der Waals surface area contributed by atoms with E-state index in [0.29, 0.717) is 0 Å². The fraction of sp³-hybridized carbons (Fsp3) is 0.111. The molecule has 0 radical (unpaired) electrons. The Hall–Kier alpha value is -0.710. The van der Waals surface area contributed by atoms with Gasteiger partial charge in [0.15, 0.2) is 0 Å². The van der Waals surface area contributed by atoms with E-state index in [0.717, 1.165) is 11.3 Å². The predicted octanol–water partition coefficient (Wildman–Crippen LogP) is 2.78. The molecule has 1 N–H and O–H groups in total. The van der Waals surface area contributed by atoms with Gasteiger partial charge in [-0.15, -0.1) is 0 Å². The van der Waals surface area contributed by atoms with Crippen molar-refractivity contribution in [2.45, 2.75) is 0 Å². The van der Waals surface area contributed by atoms with Gasteiger partial charge in [0.2, 0.25) is 0 Å². The van der Waals surface area contributed by atoms with Gasteiger partial charge in [-0.05, 0) is 34.7 Å². The maximum atomic E-state index is 5.24. The zero-order chi connectivity index (χ0) is 8.55. The summed E-state index contributed by atoms with van der Waals surface area (Å²) in [6.45, 7) is 0. The van der Waals surface area contributed by atoms with Crippen LogP contribution in [0.15, 0.2) is 24.4 Å². The summed E-state index contributed by atoms with van der Waals surface area (Å²) in [7, 11) is 1.69. The highest BCUT2D eigenvalue weighted by atomic mass is 127. The fourth-order valence-electron chi connectivity index (χ4n) is 1.28. The second kappa shape index (κ2) is 2.97. The Morgan fingerprint density at radius 3 is 3.00 bits per heavy atom. The smallest absolute Gasteiger partial charge is 0.129 e. The molecule has 0 aliphatic rings. The number of halogens is 1. The van der Waals surface area contributed by atoms with Crippen LogP contribution in [-0.2, 0) is 0 Å². The number of aromatic amines is 1. The molecule has 12 heavy (non-hydrogen) atoms. The summed E-state index contributed by atoms with van der Waals surface area (Å²) in [4.78, 5) is 3.18. The Morgan fingerprint density at radius 2 is 2.25 bits per heavy atom. The average molecular weight is 273 g/mol. The Bertz CT molecular complexity index is 408. The number of benzene rings is 1. The van der Waals surface area contributed by atoms with Gasteiger partial charge in [0.05, 0.1) is 18.0 Å². The minimum atomic E-state index is 0.929. The van der Waals surface area contributed by atoms with E-state index in [1.54, 1.807) is 7.11 Å². The molecule has 1 aromatic heterocycles. The van der Waals surface area contributed by atoms with Crippen molar-refractivity contribution in [3.05, 3.63) is 28.0 Å². The molecule has 2 rings (SSSR count). The number of aromatic nitrogens is 1. The van der Waals surface area contributed by atoms with Gasteiger partial charge in [0, 0.05) is 9.77 Å². The number of H-pyrrole nitrogens is 1. The maximum absolute atomic E-state index is 5.24. The third-order valence-electron chi connectivity index (χ3n) is 1.84. The van der Waals surface area contributed by atoms with E-state index in [4.69, 9.17) is 4.74 Å². The van der Waals surface area contributed by atoms with Crippen molar-refractivity contribution < 1.29 is 4.74 Å². The Labute approximate surface area is 84.1 Å². The third-order valence-corrected chi connectivity index (χ3v) is 2.69. The van der Waals surface area contributed by atoms with Crippen molar-refractivity contribution >= 4 is 33.5 Å². The molecular formula is C9H8INO. The van der Waals surface area contributed by atoms with Crippen LogP contribution in [0.2, 0.25) is 0 Å². The molecule has 3 heteroatoms. The Kier molecular flexibility index (Phi) is 1.96. The van der Waals surface area contributed by atoms with Crippen LogP contribution in [0.1, 0.15) is 0 Å². The molecule has 0 bridgehead atoms. The van der Waals surface area contributed by atoms with Crippen LogP contribution >= 0.6 is 22.6 Å². The van der Waals surface area contributed by atoms with Crippen molar-refractivity contribution in [3.63, 3.8) is 0 Å². The molecule has 1 heterocycles. The molecule has 0 fully saturated rings. The number of hydrogen-bond donors (Lipinski definition) is 1. The van der Waals surface area contributed by atoms with E-state index in [1.165, 1.54) is 8.96 Å². The quantitative estimate of drug-likeness (QED) is 0.794. The van der Waals surface area contributed by atoms with Crippen LogP contribution in [0.3, 0.4) is 0 Å². The van der Waals surface area contributed by atoms with Crippen molar-refractivity contribution in [1.29, 1.82) is 0 Å². The number of methoxy groups -OCH3 is 1. The first kappa shape index (κ1) is 7.91. The topological polar surface area (TPSA) is 25.0 Å². The van der Waals surface area contributed by atoms with Crippen molar-refractivity contribution in [2.24, 2.45) is 0 Å². The average Bonchev–Trinajstić information content (AvgIpc) is 2.48. The largest absolute Gasteiger partial charge is 0.496 e. The van der Waals surface area contributed by atoms with Crippen LogP contribution < -0.4 is 4.74 Å². The van der Waals surface area contributed by atoms with Crippen LogP contribution in [0, 0.1) is 3.57 Å². The lowest BCUT2D eigenvalue weighted by molar-refractivity contribution is 0.419. The van der Waals surface area contributed by atoms with Crippen LogP contribution in [0.5, 0.6) is 5.75 Å². The molecule has 2 nitrogen and oxygen atoms in total. The fourth-order valence-corrected chi connectivity index (χ4v) is 1.99. The molecular weight excluding hydrogens is 265 g/mol. The molecule has 0 amide bonds. The highest BCUT2D eigenvalue weighted by molar-refractivity contribution is 14.1. The summed E-state index contributed by atoms with van der Waals surface area (Å²) in [5, 5.41) is 1.17. The molecule has 0 spiro atoms. The first-order chi connectivity index (χ1) is 5.83. The first-order valence-corrected chi connectivity index (χ1v) is 4.70. The van der Waals surface area contributed by atoms with Crippen molar-refractivity contribution in [2.75, 3.05) is 7.11 Å². The minimum absolute atomic E-state index is 0.929. The summed E-state index contributed by atoms with van der Waals surface area (Å²) in [5.74, 6) is 0.929. The van der Waals surface area contributed by atoms with Gasteiger partial charge < -0.3 is 9.72 Å². The second-order valence-corrected chi connectivity index (χ2v) is 3.68.